The highest BCUT2D eigenvalue weighted by atomic mass is 16.2. The first kappa shape index (κ1) is 19.6. The number of carbonyl (C=O) groups is 4. The van der Waals surface area contributed by atoms with Crippen LogP contribution in [0.5, 0.6) is 0 Å². The monoisotopic (exact) mass is 368 g/mol. The average Bonchev–Trinajstić information content (AvgIpc) is 2.71. The van der Waals surface area contributed by atoms with Crippen LogP contribution in [0.1, 0.15) is 40.0 Å². The van der Waals surface area contributed by atoms with Gasteiger partial charge in [-0.25, -0.2) is 0 Å². The molecule has 0 aromatic heterocycles. The molecular formula is C19H20N4O4. The highest BCUT2D eigenvalue weighted by Gasteiger charge is 2.09. The normalized spacial score (nSPS) is 9.78. The predicted molar refractivity (Wildman–Crippen MR) is 98.0 cm³/mol. The molecular weight excluding hydrogens is 348 g/mol. The molecule has 2 rings (SSSR count). The molecule has 27 heavy (non-hydrogen) atoms. The summed E-state index contributed by atoms with van der Waals surface area (Å²) >= 11 is 0. The van der Waals surface area contributed by atoms with Gasteiger partial charge in [-0.1, -0.05) is 36.4 Å². The van der Waals surface area contributed by atoms with Crippen molar-refractivity contribution in [2.45, 2.75) is 19.3 Å². The molecule has 2 aromatic carbocycles. The van der Waals surface area contributed by atoms with Crippen molar-refractivity contribution in [1.29, 1.82) is 0 Å². The number of nitrogens with one attached hydrogen (secondary N) is 4. The summed E-state index contributed by atoms with van der Waals surface area (Å²) in [4.78, 5) is 46.9. The fraction of sp³-hybridized carbons (Fsp3) is 0.158. The van der Waals surface area contributed by atoms with Crippen LogP contribution in [0.3, 0.4) is 0 Å². The Morgan fingerprint density at radius 3 is 1.30 bits per heavy atom. The number of amides is 4. The molecule has 0 saturated heterocycles. The van der Waals surface area contributed by atoms with Gasteiger partial charge < -0.3 is 0 Å². The number of hydrazine groups is 2. The lowest BCUT2D eigenvalue weighted by molar-refractivity contribution is -0.123. The van der Waals surface area contributed by atoms with Gasteiger partial charge in [0.25, 0.3) is 11.8 Å². The van der Waals surface area contributed by atoms with Crippen LogP contribution in [0.4, 0.5) is 0 Å². The van der Waals surface area contributed by atoms with Crippen molar-refractivity contribution in [3.05, 3.63) is 71.8 Å². The molecule has 140 valence electrons. The molecule has 0 atom stereocenters. The Hall–Kier alpha value is -3.68. The molecule has 0 aliphatic heterocycles. The minimum atomic E-state index is -0.426. The van der Waals surface area contributed by atoms with Gasteiger partial charge in [0.05, 0.1) is 0 Å². The predicted octanol–water partition coefficient (Wildman–Crippen LogP) is 1.08. The molecule has 0 heterocycles. The second-order valence-corrected chi connectivity index (χ2v) is 5.59. The topological polar surface area (TPSA) is 116 Å². The Labute approximate surface area is 156 Å². The summed E-state index contributed by atoms with van der Waals surface area (Å²) in [6, 6.07) is 16.9. The number of hydrogen-bond acceptors (Lipinski definition) is 4. The first-order valence-corrected chi connectivity index (χ1v) is 8.34. The Morgan fingerprint density at radius 1 is 0.556 bits per heavy atom. The molecule has 0 radical (unpaired) electrons. The average molecular weight is 368 g/mol. The molecule has 4 N–H and O–H groups in total. The molecule has 8 nitrogen and oxygen atoms in total. The minimum Gasteiger partial charge on any atom is -0.273 e. The lowest BCUT2D eigenvalue weighted by Crippen LogP contribution is -2.42. The van der Waals surface area contributed by atoms with Gasteiger partial charge in [0.2, 0.25) is 11.8 Å². The van der Waals surface area contributed by atoms with E-state index in [1.807, 2.05) is 0 Å². The number of hydrogen-bond donors (Lipinski definition) is 4. The van der Waals surface area contributed by atoms with E-state index in [-0.39, 0.29) is 19.3 Å². The minimum absolute atomic E-state index is 0.0507. The molecule has 8 heteroatoms. The summed E-state index contributed by atoms with van der Waals surface area (Å²) < 4.78 is 0. The molecule has 0 bridgehead atoms. The van der Waals surface area contributed by atoms with Crippen LogP contribution in [-0.4, -0.2) is 23.6 Å². The van der Waals surface area contributed by atoms with E-state index < -0.39 is 23.6 Å². The fourth-order valence-corrected chi connectivity index (χ4v) is 2.11. The zero-order valence-corrected chi connectivity index (χ0v) is 14.5. The lowest BCUT2D eigenvalue weighted by Gasteiger charge is -2.08. The van der Waals surface area contributed by atoms with E-state index in [1.165, 1.54) is 0 Å². The van der Waals surface area contributed by atoms with E-state index in [2.05, 4.69) is 21.7 Å². The Kier molecular flexibility index (Phi) is 7.52. The first-order chi connectivity index (χ1) is 13.1. The van der Waals surface area contributed by atoms with Crippen LogP contribution in [0.15, 0.2) is 60.7 Å². The van der Waals surface area contributed by atoms with Crippen LogP contribution < -0.4 is 21.7 Å². The van der Waals surface area contributed by atoms with Crippen molar-refractivity contribution >= 4 is 23.6 Å². The maximum absolute atomic E-state index is 11.8. The van der Waals surface area contributed by atoms with E-state index in [1.54, 1.807) is 60.7 Å². The van der Waals surface area contributed by atoms with Gasteiger partial charge in [0, 0.05) is 24.0 Å². The summed E-state index contributed by atoms with van der Waals surface area (Å²) in [5.74, 6) is -1.68. The summed E-state index contributed by atoms with van der Waals surface area (Å²) in [7, 11) is 0. The third kappa shape index (κ3) is 6.99. The lowest BCUT2D eigenvalue weighted by atomic mass is 10.2. The quantitative estimate of drug-likeness (QED) is 0.571. The standard InChI is InChI=1S/C19H20N4O4/c24-16(20-22-18(26)14-8-3-1-4-9-14)12-7-13-17(25)21-23-19(27)15-10-5-2-6-11-15/h1-6,8-11H,7,12-13H2,(H,20,24)(H,21,25)(H,22,26)(H,23,27). The molecule has 4 amide bonds. The Morgan fingerprint density at radius 2 is 0.926 bits per heavy atom. The zero-order valence-electron chi connectivity index (χ0n) is 14.5. The van der Waals surface area contributed by atoms with Gasteiger partial charge in [-0.05, 0) is 30.7 Å². The van der Waals surface area contributed by atoms with E-state index >= 15 is 0 Å². The molecule has 0 saturated carbocycles. The van der Waals surface area contributed by atoms with Crippen molar-refractivity contribution in [3.8, 4) is 0 Å². The van der Waals surface area contributed by atoms with Crippen molar-refractivity contribution in [1.82, 2.24) is 21.7 Å². The number of carbonyl (C=O) groups excluding carboxylic acids is 4. The van der Waals surface area contributed by atoms with Gasteiger partial charge in [-0.2, -0.15) is 0 Å². The van der Waals surface area contributed by atoms with E-state index in [9.17, 15) is 19.2 Å². The molecule has 0 unspecified atom stereocenters. The van der Waals surface area contributed by atoms with Crippen molar-refractivity contribution in [3.63, 3.8) is 0 Å². The second kappa shape index (κ2) is 10.3. The van der Waals surface area contributed by atoms with Gasteiger partial charge in [-0.3, -0.25) is 40.9 Å². The maximum Gasteiger partial charge on any atom is 0.269 e. The number of rotatable bonds is 6. The highest BCUT2D eigenvalue weighted by Crippen LogP contribution is 1.99. The molecule has 2 aromatic rings. The molecule has 0 aliphatic carbocycles. The van der Waals surface area contributed by atoms with E-state index in [0.717, 1.165) is 0 Å². The van der Waals surface area contributed by atoms with Crippen LogP contribution >= 0.6 is 0 Å². The zero-order chi connectivity index (χ0) is 19.5. The van der Waals surface area contributed by atoms with Crippen molar-refractivity contribution in [2.75, 3.05) is 0 Å². The Balaban J connectivity index is 1.59. The Bertz CT molecular complexity index is 726. The summed E-state index contributed by atoms with van der Waals surface area (Å²) in [5, 5.41) is 0. The highest BCUT2D eigenvalue weighted by molar-refractivity contribution is 5.96. The van der Waals surface area contributed by atoms with Gasteiger partial charge >= 0.3 is 0 Å². The third-order valence-electron chi connectivity index (χ3n) is 3.51. The van der Waals surface area contributed by atoms with Gasteiger partial charge in [-0.15, -0.1) is 0 Å². The van der Waals surface area contributed by atoms with Gasteiger partial charge in [0.1, 0.15) is 0 Å². The van der Waals surface area contributed by atoms with Crippen LogP contribution in [0.2, 0.25) is 0 Å². The molecule has 0 spiro atoms. The first-order valence-electron chi connectivity index (χ1n) is 8.34. The van der Waals surface area contributed by atoms with Crippen molar-refractivity contribution < 1.29 is 19.2 Å². The van der Waals surface area contributed by atoms with Crippen molar-refractivity contribution in [2.24, 2.45) is 0 Å². The van der Waals surface area contributed by atoms with Gasteiger partial charge in [0.15, 0.2) is 0 Å². The van der Waals surface area contributed by atoms with E-state index in [4.69, 9.17) is 0 Å². The molecule has 0 fully saturated rings. The van der Waals surface area contributed by atoms with Crippen LogP contribution in [0, 0.1) is 0 Å². The van der Waals surface area contributed by atoms with Crippen LogP contribution in [-0.2, 0) is 9.59 Å². The van der Waals surface area contributed by atoms with E-state index in [0.29, 0.717) is 11.1 Å². The van der Waals surface area contributed by atoms with Crippen LogP contribution in [0.25, 0.3) is 0 Å². The smallest absolute Gasteiger partial charge is 0.269 e. The summed E-state index contributed by atoms with van der Waals surface area (Å²) in [5.41, 5.74) is 10.0. The number of benzene rings is 2. The maximum atomic E-state index is 11.8. The summed E-state index contributed by atoms with van der Waals surface area (Å²) in [6.07, 6.45) is 0.365. The largest absolute Gasteiger partial charge is 0.273 e. The second-order valence-electron chi connectivity index (χ2n) is 5.59. The fourth-order valence-electron chi connectivity index (χ4n) is 2.11. The summed E-state index contributed by atoms with van der Waals surface area (Å²) in [6.45, 7) is 0. The SMILES string of the molecule is O=C(CCCC(=O)NNC(=O)c1ccccc1)NNC(=O)c1ccccc1. The molecule has 0 aliphatic rings. The third-order valence-corrected chi connectivity index (χ3v) is 3.51.